The lowest BCUT2D eigenvalue weighted by Crippen LogP contribution is -2.58. The molecule has 3 heteroatoms. The molecular formula is C16H15FIN. The van der Waals surface area contributed by atoms with Gasteiger partial charge in [-0.2, -0.15) is 0 Å². The van der Waals surface area contributed by atoms with Gasteiger partial charge in [0.05, 0.1) is 0 Å². The Morgan fingerprint density at radius 3 is 2.42 bits per heavy atom. The Morgan fingerprint density at radius 2 is 1.84 bits per heavy atom. The van der Waals surface area contributed by atoms with Crippen molar-refractivity contribution in [2.24, 2.45) is 0 Å². The maximum atomic E-state index is 13.4. The molecule has 1 heterocycles. The molecule has 3 rings (SSSR count). The lowest BCUT2D eigenvalue weighted by atomic mass is 9.71. The van der Waals surface area contributed by atoms with Gasteiger partial charge in [0.15, 0.2) is 0 Å². The van der Waals surface area contributed by atoms with Crippen LogP contribution in [0.1, 0.15) is 11.1 Å². The Balaban J connectivity index is 1.89. The summed E-state index contributed by atoms with van der Waals surface area (Å²) in [6.07, 6.45) is 0.959. The van der Waals surface area contributed by atoms with Crippen molar-refractivity contribution in [1.82, 2.24) is 5.32 Å². The summed E-state index contributed by atoms with van der Waals surface area (Å²) in [5, 5.41) is 3.33. The molecule has 19 heavy (non-hydrogen) atoms. The van der Waals surface area contributed by atoms with E-state index in [2.05, 4.69) is 52.2 Å². The van der Waals surface area contributed by atoms with Gasteiger partial charge < -0.3 is 5.32 Å². The number of benzene rings is 2. The molecule has 0 amide bonds. The summed E-state index contributed by atoms with van der Waals surface area (Å²) in [6.45, 7) is 1.84. The first kappa shape index (κ1) is 13.1. The molecule has 1 N–H and O–H groups in total. The van der Waals surface area contributed by atoms with Crippen molar-refractivity contribution >= 4 is 22.6 Å². The molecule has 0 saturated carbocycles. The summed E-state index contributed by atoms with van der Waals surface area (Å²) in [5.74, 6) is -0.147. The summed E-state index contributed by atoms with van der Waals surface area (Å²) in [7, 11) is 0. The van der Waals surface area contributed by atoms with E-state index in [9.17, 15) is 4.39 Å². The second-order valence-electron chi connectivity index (χ2n) is 5.20. The van der Waals surface area contributed by atoms with E-state index in [4.69, 9.17) is 0 Å². The van der Waals surface area contributed by atoms with Crippen LogP contribution in [0.3, 0.4) is 0 Å². The van der Waals surface area contributed by atoms with Crippen molar-refractivity contribution < 1.29 is 4.39 Å². The summed E-state index contributed by atoms with van der Waals surface area (Å²) in [6, 6.07) is 15.6. The van der Waals surface area contributed by atoms with Crippen molar-refractivity contribution in [3.8, 4) is 0 Å². The van der Waals surface area contributed by atoms with Crippen LogP contribution in [-0.4, -0.2) is 13.1 Å². The molecule has 1 saturated heterocycles. The van der Waals surface area contributed by atoms with Gasteiger partial charge in [0.1, 0.15) is 5.82 Å². The fraction of sp³-hybridized carbons (Fsp3) is 0.250. The maximum absolute atomic E-state index is 13.4. The van der Waals surface area contributed by atoms with E-state index in [0.29, 0.717) is 0 Å². The zero-order valence-electron chi connectivity index (χ0n) is 10.5. The third-order valence-electron chi connectivity index (χ3n) is 3.82. The molecule has 1 nitrogen and oxygen atoms in total. The van der Waals surface area contributed by atoms with E-state index in [1.54, 1.807) is 12.1 Å². The van der Waals surface area contributed by atoms with Crippen molar-refractivity contribution in [3.05, 3.63) is 69.0 Å². The van der Waals surface area contributed by atoms with Crippen LogP contribution >= 0.6 is 22.6 Å². The van der Waals surface area contributed by atoms with Crippen LogP contribution in [0, 0.1) is 9.39 Å². The van der Waals surface area contributed by atoms with Crippen molar-refractivity contribution in [3.63, 3.8) is 0 Å². The summed E-state index contributed by atoms with van der Waals surface area (Å²) < 4.78 is 14.7. The zero-order valence-corrected chi connectivity index (χ0v) is 12.7. The van der Waals surface area contributed by atoms with Crippen LogP contribution in [0.4, 0.5) is 4.39 Å². The van der Waals surface area contributed by atoms with E-state index in [1.807, 2.05) is 6.07 Å². The number of hydrogen-bond donors (Lipinski definition) is 1. The fourth-order valence-electron chi connectivity index (χ4n) is 2.67. The maximum Gasteiger partial charge on any atom is 0.123 e. The molecule has 1 fully saturated rings. The average Bonchev–Trinajstić information content (AvgIpc) is 2.36. The normalized spacial score (nSPS) is 16.9. The van der Waals surface area contributed by atoms with Crippen molar-refractivity contribution in [2.45, 2.75) is 11.8 Å². The van der Waals surface area contributed by atoms with Gasteiger partial charge >= 0.3 is 0 Å². The van der Waals surface area contributed by atoms with Crippen LogP contribution in [0.5, 0.6) is 0 Å². The second kappa shape index (κ2) is 5.21. The Kier molecular flexibility index (Phi) is 3.58. The molecule has 0 unspecified atom stereocenters. The van der Waals surface area contributed by atoms with E-state index in [0.717, 1.165) is 25.1 Å². The summed E-state index contributed by atoms with van der Waals surface area (Å²) in [5.41, 5.74) is 2.46. The van der Waals surface area contributed by atoms with Crippen LogP contribution in [0.25, 0.3) is 0 Å². The largest absolute Gasteiger partial charge is 0.315 e. The number of halogens is 2. The summed E-state index contributed by atoms with van der Waals surface area (Å²) in [4.78, 5) is 0. The molecule has 1 aliphatic rings. The number of nitrogens with one attached hydrogen (secondary N) is 1. The minimum atomic E-state index is -0.147. The number of rotatable bonds is 3. The predicted octanol–water partition coefficient (Wildman–Crippen LogP) is 3.51. The highest BCUT2D eigenvalue weighted by atomic mass is 127. The third-order valence-corrected chi connectivity index (χ3v) is 4.54. The van der Waals surface area contributed by atoms with Crippen molar-refractivity contribution in [2.75, 3.05) is 13.1 Å². The molecule has 0 atom stereocenters. The SMILES string of the molecule is Fc1cccc(C2(Cc3ccc(I)cc3)CNC2)c1. The van der Waals surface area contributed by atoms with Crippen LogP contribution < -0.4 is 5.32 Å². The van der Waals surface area contributed by atoms with Crippen LogP contribution in [0.15, 0.2) is 48.5 Å². The molecular weight excluding hydrogens is 352 g/mol. The van der Waals surface area contributed by atoms with Gasteiger partial charge in [-0.15, -0.1) is 0 Å². The highest BCUT2D eigenvalue weighted by Crippen LogP contribution is 2.33. The highest BCUT2D eigenvalue weighted by molar-refractivity contribution is 14.1. The Hall–Kier alpha value is -0.940. The minimum absolute atomic E-state index is 0.0505. The predicted molar refractivity (Wildman–Crippen MR) is 83.8 cm³/mol. The van der Waals surface area contributed by atoms with Gasteiger partial charge in [0.2, 0.25) is 0 Å². The van der Waals surface area contributed by atoms with E-state index in [1.165, 1.54) is 15.2 Å². The monoisotopic (exact) mass is 367 g/mol. The molecule has 0 bridgehead atoms. The molecule has 0 radical (unpaired) electrons. The van der Waals surface area contributed by atoms with Gasteiger partial charge in [-0.25, -0.2) is 4.39 Å². The van der Waals surface area contributed by atoms with Crippen LogP contribution in [0.2, 0.25) is 0 Å². The number of hydrogen-bond acceptors (Lipinski definition) is 1. The average molecular weight is 367 g/mol. The van der Waals surface area contributed by atoms with Gasteiger partial charge in [-0.1, -0.05) is 24.3 Å². The first-order valence-corrected chi connectivity index (χ1v) is 7.47. The minimum Gasteiger partial charge on any atom is -0.315 e. The van der Waals surface area contributed by atoms with Gasteiger partial charge in [-0.05, 0) is 64.4 Å². The summed E-state index contributed by atoms with van der Waals surface area (Å²) >= 11 is 2.31. The highest BCUT2D eigenvalue weighted by Gasteiger charge is 2.38. The Morgan fingerprint density at radius 1 is 1.11 bits per heavy atom. The van der Waals surface area contributed by atoms with Gasteiger partial charge in [0.25, 0.3) is 0 Å². The molecule has 98 valence electrons. The van der Waals surface area contributed by atoms with E-state index < -0.39 is 0 Å². The zero-order chi connectivity index (χ0) is 13.3. The van der Waals surface area contributed by atoms with E-state index >= 15 is 0 Å². The fourth-order valence-corrected chi connectivity index (χ4v) is 3.03. The molecule has 0 aliphatic carbocycles. The third kappa shape index (κ3) is 2.67. The lowest BCUT2D eigenvalue weighted by molar-refractivity contribution is 0.274. The molecule has 2 aromatic carbocycles. The quantitative estimate of drug-likeness (QED) is 0.819. The van der Waals surface area contributed by atoms with Crippen LogP contribution in [-0.2, 0) is 11.8 Å². The Labute approximate surface area is 126 Å². The van der Waals surface area contributed by atoms with Crippen molar-refractivity contribution in [1.29, 1.82) is 0 Å². The molecule has 0 spiro atoms. The first-order chi connectivity index (χ1) is 9.18. The smallest absolute Gasteiger partial charge is 0.123 e. The van der Waals surface area contributed by atoms with Gasteiger partial charge in [0, 0.05) is 22.1 Å². The lowest BCUT2D eigenvalue weighted by Gasteiger charge is -2.43. The molecule has 1 aliphatic heterocycles. The second-order valence-corrected chi connectivity index (χ2v) is 6.44. The van der Waals surface area contributed by atoms with E-state index in [-0.39, 0.29) is 11.2 Å². The standard InChI is InChI=1S/C16H15FIN/c17-14-3-1-2-13(8-14)16(10-19-11-16)9-12-4-6-15(18)7-5-12/h1-8,19H,9-11H2. The first-order valence-electron chi connectivity index (χ1n) is 6.39. The topological polar surface area (TPSA) is 12.0 Å². The Bertz CT molecular complexity index is 576. The van der Waals surface area contributed by atoms with Gasteiger partial charge in [-0.3, -0.25) is 0 Å². The molecule has 2 aromatic rings. The molecule has 0 aromatic heterocycles.